The first-order valence-corrected chi connectivity index (χ1v) is 6.76. The van der Waals surface area contributed by atoms with E-state index < -0.39 is 23.2 Å². The summed E-state index contributed by atoms with van der Waals surface area (Å²) >= 11 is 2.14. The van der Waals surface area contributed by atoms with Gasteiger partial charge in [-0.15, -0.1) is 0 Å². The van der Waals surface area contributed by atoms with Crippen molar-refractivity contribution >= 4 is 34.2 Å². The highest BCUT2D eigenvalue weighted by molar-refractivity contribution is 14.1. The smallest absolute Gasteiger partial charge is 0.262 e. The lowest BCUT2D eigenvalue weighted by atomic mass is 10.3. The van der Waals surface area contributed by atoms with Gasteiger partial charge >= 0.3 is 0 Å². The average Bonchev–Trinajstić information content (AvgIpc) is 2.42. The summed E-state index contributed by atoms with van der Waals surface area (Å²) in [6, 6.07) is 10.4. The van der Waals surface area contributed by atoms with Crippen LogP contribution in [0.3, 0.4) is 0 Å². The van der Waals surface area contributed by atoms with E-state index in [2.05, 4.69) is 27.9 Å². The average molecular weight is 389 g/mol. The second kappa shape index (κ2) is 6.65. The zero-order chi connectivity index (χ0) is 14.5. The van der Waals surface area contributed by atoms with Crippen molar-refractivity contribution in [3.63, 3.8) is 0 Å². The third kappa shape index (κ3) is 3.89. The Morgan fingerprint density at radius 1 is 1.10 bits per heavy atom. The molecule has 0 spiro atoms. The third-order valence-electron chi connectivity index (χ3n) is 2.41. The van der Waals surface area contributed by atoms with Crippen LogP contribution in [0.25, 0.3) is 0 Å². The summed E-state index contributed by atoms with van der Waals surface area (Å²) in [7, 11) is 0. The normalized spacial score (nSPS) is 10.2. The van der Waals surface area contributed by atoms with E-state index in [-0.39, 0.29) is 6.61 Å². The van der Waals surface area contributed by atoms with Crippen LogP contribution < -0.4 is 10.1 Å². The number of rotatable bonds is 4. The number of hydrogen-bond acceptors (Lipinski definition) is 2. The molecule has 1 amide bonds. The fraction of sp³-hybridized carbons (Fsp3) is 0.0714. The van der Waals surface area contributed by atoms with Gasteiger partial charge < -0.3 is 10.1 Å². The first-order valence-electron chi connectivity index (χ1n) is 5.68. The topological polar surface area (TPSA) is 38.3 Å². The van der Waals surface area contributed by atoms with Gasteiger partial charge in [-0.05, 0) is 59.0 Å². The number of carbonyl (C=O) groups excluding carboxylic acids is 1. The van der Waals surface area contributed by atoms with Gasteiger partial charge in [-0.1, -0.05) is 6.07 Å². The molecular weight excluding hydrogens is 379 g/mol. The van der Waals surface area contributed by atoms with Crippen molar-refractivity contribution in [3.05, 3.63) is 57.7 Å². The summed E-state index contributed by atoms with van der Waals surface area (Å²) in [6.45, 7) is -0.325. The zero-order valence-electron chi connectivity index (χ0n) is 10.2. The minimum Gasteiger partial charge on any atom is -0.484 e. The Morgan fingerprint density at radius 2 is 1.70 bits per heavy atom. The molecule has 3 nitrogen and oxygen atoms in total. The third-order valence-corrected chi connectivity index (χ3v) is 3.13. The molecular formula is C14H10F2INO2. The Kier molecular flexibility index (Phi) is 4.89. The van der Waals surface area contributed by atoms with Crippen molar-refractivity contribution in [2.24, 2.45) is 0 Å². The molecule has 0 aliphatic rings. The number of amides is 1. The lowest BCUT2D eigenvalue weighted by Gasteiger charge is -2.09. The largest absolute Gasteiger partial charge is 0.484 e. The van der Waals surface area contributed by atoms with Crippen LogP contribution in [0.1, 0.15) is 0 Å². The molecule has 0 aliphatic heterocycles. The Labute approximate surface area is 128 Å². The van der Waals surface area contributed by atoms with Gasteiger partial charge in [0.2, 0.25) is 0 Å². The Hall–Kier alpha value is -1.70. The molecule has 104 valence electrons. The van der Waals surface area contributed by atoms with Crippen LogP contribution in [0.15, 0.2) is 42.5 Å². The number of benzene rings is 2. The molecule has 0 aliphatic carbocycles. The maximum absolute atomic E-state index is 13.3. The van der Waals surface area contributed by atoms with Gasteiger partial charge in [-0.3, -0.25) is 4.79 Å². The van der Waals surface area contributed by atoms with E-state index in [9.17, 15) is 13.6 Å². The Balaban J connectivity index is 1.94. The van der Waals surface area contributed by atoms with Crippen LogP contribution in [-0.4, -0.2) is 12.5 Å². The van der Waals surface area contributed by atoms with Crippen LogP contribution in [0.2, 0.25) is 0 Å². The molecule has 0 heterocycles. The second-order valence-corrected chi connectivity index (χ2v) is 5.13. The highest BCUT2D eigenvalue weighted by atomic mass is 127. The minimum atomic E-state index is -0.826. The van der Waals surface area contributed by atoms with Crippen molar-refractivity contribution in [1.29, 1.82) is 0 Å². The first kappa shape index (κ1) is 14.7. The van der Waals surface area contributed by atoms with E-state index >= 15 is 0 Å². The predicted molar refractivity (Wildman–Crippen MR) is 79.6 cm³/mol. The molecule has 0 unspecified atom stereocenters. The molecule has 2 aromatic carbocycles. The molecule has 6 heteroatoms. The van der Waals surface area contributed by atoms with Gasteiger partial charge in [0.1, 0.15) is 23.1 Å². The molecule has 2 aromatic rings. The molecule has 0 bridgehead atoms. The van der Waals surface area contributed by atoms with Crippen LogP contribution in [0.5, 0.6) is 5.75 Å². The van der Waals surface area contributed by atoms with E-state index in [1.807, 2.05) is 12.1 Å². The molecule has 0 atom stereocenters. The predicted octanol–water partition coefficient (Wildman–Crippen LogP) is 3.59. The van der Waals surface area contributed by atoms with Crippen molar-refractivity contribution in [2.45, 2.75) is 0 Å². The van der Waals surface area contributed by atoms with Crippen LogP contribution in [-0.2, 0) is 4.79 Å². The quantitative estimate of drug-likeness (QED) is 0.812. The standard InChI is InChI=1S/C14H10F2INO2/c15-11-2-1-3-12(16)14(11)18-13(19)8-20-10-6-4-9(17)5-7-10/h1-7H,8H2,(H,18,19). The second-order valence-electron chi connectivity index (χ2n) is 3.89. The summed E-state index contributed by atoms with van der Waals surface area (Å²) < 4.78 is 32.9. The van der Waals surface area contributed by atoms with Crippen molar-refractivity contribution in [1.82, 2.24) is 0 Å². The van der Waals surface area contributed by atoms with Crippen LogP contribution in [0.4, 0.5) is 14.5 Å². The highest BCUT2D eigenvalue weighted by Crippen LogP contribution is 2.18. The molecule has 20 heavy (non-hydrogen) atoms. The molecule has 1 N–H and O–H groups in total. The summed E-state index contributed by atoms with van der Waals surface area (Å²) in [4.78, 5) is 11.6. The van der Waals surface area contributed by atoms with E-state index in [1.54, 1.807) is 12.1 Å². The van der Waals surface area contributed by atoms with Gasteiger partial charge in [0, 0.05) is 3.57 Å². The molecule has 0 saturated carbocycles. The fourth-order valence-corrected chi connectivity index (χ4v) is 1.83. The van der Waals surface area contributed by atoms with E-state index in [4.69, 9.17) is 4.74 Å². The van der Waals surface area contributed by atoms with Crippen molar-refractivity contribution < 1.29 is 18.3 Å². The number of nitrogens with one attached hydrogen (secondary N) is 1. The molecule has 0 aromatic heterocycles. The lowest BCUT2D eigenvalue weighted by Crippen LogP contribution is -2.21. The van der Waals surface area contributed by atoms with E-state index in [0.717, 1.165) is 15.7 Å². The van der Waals surface area contributed by atoms with Crippen LogP contribution in [0, 0.1) is 15.2 Å². The van der Waals surface area contributed by atoms with Gasteiger partial charge in [0.25, 0.3) is 5.91 Å². The first-order chi connectivity index (χ1) is 9.56. The number of carbonyl (C=O) groups is 1. The number of halogens is 3. The number of ether oxygens (including phenoxy) is 1. The summed E-state index contributed by atoms with van der Waals surface area (Å²) in [5.41, 5.74) is -0.469. The molecule has 0 fully saturated rings. The summed E-state index contributed by atoms with van der Waals surface area (Å²) in [6.07, 6.45) is 0. The van der Waals surface area contributed by atoms with Gasteiger partial charge in [0.15, 0.2) is 6.61 Å². The Bertz CT molecular complexity index is 597. The SMILES string of the molecule is O=C(COc1ccc(I)cc1)Nc1c(F)cccc1F. The summed E-state index contributed by atoms with van der Waals surface area (Å²) in [5.74, 6) is -1.78. The highest BCUT2D eigenvalue weighted by Gasteiger charge is 2.12. The zero-order valence-corrected chi connectivity index (χ0v) is 12.4. The number of para-hydroxylation sites is 1. The van der Waals surface area contributed by atoms with Gasteiger partial charge in [0.05, 0.1) is 0 Å². The van der Waals surface area contributed by atoms with E-state index in [1.165, 1.54) is 6.07 Å². The summed E-state index contributed by atoms with van der Waals surface area (Å²) in [5, 5.41) is 2.14. The number of hydrogen-bond donors (Lipinski definition) is 1. The monoisotopic (exact) mass is 389 g/mol. The van der Waals surface area contributed by atoms with Crippen LogP contribution >= 0.6 is 22.6 Å². The number of anilines is 1. The fourth-order valence-electron chi connectivity index (χ4n) is 1.47. The van der Waals surface area contributed by atoms with E-state index in [0.29, 0.717) is 5.75 Å². The van der Waals surface area contributed by atoms with Gasteiger partial charge in [-0.2, -0.15) is 0 Å². The minimum absolute atomic E-state index is 0.325. The molecule has 2 rings (SSSR count). The molecule has 0 radical (unpaired) electrons. The van der Waals surface area contributed by atoms with Crippen molar-refractivity contribution in [2.75, 3.05) is 11.9 Å². The van der Waals surface area contributed by atoms with Crippen molar-refractivity contribution in [3.8, 4) is 5.75 Å². The lowest BCUT2D eigenvalue weighted by molar-refractivity contribution is -0.118. The van der Waals surface area contributed by atoms with Gasteiger partial charge in [-0.25, -0.2) is 8.78 Å². The maximum Gasteiger partial charge on any atom is 0.262 e. The Morgan fingerprint density at radius 3 is 2.30 bits per heavy atom. The maximum atomic E-state index is 13.3. The molecule has 0 saturated heterocycles.